The molecule has 4 N–H and O–H groups in total. The molecule has 2 aromatic carbocycles. The molecule has 2 aliphatic heterocycles. The first-order valence-corrected chi connectivity index (χ1v) is 12.8. The maximum atomic E-state index is 13.1. The van der Waals surface area contributed by atoms with Gasteiger partial charge in [0.05, 0.1) is 11.4 Å². The zero-order chi connectivity index (χ0) is 24.5. The number of para-hydroxylation sites is 2. The summed E-state index contributed by atoms with van der Waals surface area (Å²) in [5, 5.41) is 8.30. The van der Waals surface area contributed by atoms with Gasteiger partial charge in [-0.15, -0.1) is 0 Å². The Balaban J connectivity index is 1.29. The summed E-state index contributed by atoms with van der Waals surface area (Å²) < 4.78 is 11.5. The second-order valence-corrected chi connectivity index (χ2v) is 9.65. The number of esters is 2. The molecule has 0 spiro atoms. The normalized spacial score (nSPS) is 17.4. The maximum Gasteiger partial charge on any atom is 0.423 e. The lowest BCUT2D eigenvalue weighted by atomic mass is 9.94. The molecule has 0 bridgehead atoms. The summed E-state index contributed by atoms with van der Waals surface area (Å²) in [5.74, 6) is -0.739. The van der Waals surface area contributed by atoms with E-state index in [1.807, 2.05) is 48.5 Å². The van der Waals surface area contributed by atoms with Gasteiger partial charge in [0.15, 0.2) is 11.5 Å². The third kappa shape index (κ3) is 4.27. The number of aromatic nitrogens is 2. The number of H-pyrrole nitrogens is 2. The molecule has 4 aromatic rings. The van der Waals surface area contributed by atoms with Crippen LogP contribution in [0.15, 0.2) is 48.5 Å². The lowest BCUT2D eigenvalue weighted by Gasteiger charge is -2.23. The Morgan fingerprint density at radius 2 is 1.00 bits per heavy atom. The van der Waals surface area contributed by atoms with Crippen LogP contribution in [-0.2, 0) is 9.59 Å². The summed E-state index contributed by atoms with van der Waals surface area (Å²) in [4.78, 5) is 33.1. The molecular formula is C28H30N4O4. The van der Waals surface area contributed by atoms with Crippen LogP contribution in [0.2, 0.25) is 0 Å². The van der Waals surface area contributed by atoms with Crippen LogP contribution in [0.1, 0.15) is 48.9 Å². The quantitative estimate of drug-likeness (QED) is 0.256. The largest absolute Gasteiger partial charge is 0.423 e. The van der Waals surface area contributed by atoms with Crippen molar-refractivity contribution >= 4 is 33.7 Å². The van der Waals surface area contributed by atoms with E-state index in [-0.39, 0.29) is 11.8 Å². The molecule has 8 nitrogen and oxygen atoms in total. The molecule has 2 saturated heterocycles. The number of ether oxygens (including phenoxy) is 2. The van der Waals surface area contributed by atoms with Gasteiger partial charge in [-0.05, 0) is 76.1 Å². The first kappa shape index (κ1) is 22.8. The molecule has 36 heavy (non-hydrogen) atoms. The minimum absolute atomic E-state index is 0.220. The van der Waals surface area contributed by atoms with Crippen LogP contribution < -0.4 is 20.1 Å². The standard InChI is InChI=1S/C28H30N4O4/c33-27(35-25-19-5-1-3-7-21(19)31-23(25)17-9-13-29-14-10-17)28(34)36-26-20-6-2-4-8-22(20)32-24(26)18-11-15-30-16-12-18/h1-8,17-18,29-32H,9-16H2. The Kier molecular flexibility index (Phi) is 6.21. The van der Waals surface area contributed by atoms with Crippen molar-refractivity contribution in [3.8, 4) is 11.5 Å². The van der Waals surface area contributed by atoms with Crippen molar-refractivity contribution in [2.75, 3.05) is 26.2 Å². The number of piperidine rings is 2. The van der Waals surface area contributed by atoms with Gasteiger partial charge in [0, 0.05) is 33.6 Å². The Morgan fingerprint density at radius 1 is 0.611 bits per heavy atom. The van der Waals surface area contributed by atoms with Crippen LogP contribution in [0.3, 0.4) is 0 Å². The van der Waals surface area contributed by atoms with Gasteiger partial charge in [-0.25, -0.2) is 9.59 Å². The molecule has 8 heteroatoms. The second kappa shape index (κ2) is 9.79. The highest BCUT2D eigenvalue weighted by Gasteiger charge is 2.30. The SMILES string of the molecule is O=C(Oc1c(C2CCNCC2)[nH]c2ccccc12)C(=O)Oc1c(C2CCNCC2)[nH]c2ccccc12. The van der Waals surface area contributed by atoms with Gasteiger partial charge < -0.3 is 30.1 Å². The number of nitrogens with one attached hydrogen (secondary N) is 4. The van der Waals surface area contributed by atoms with E-state index in [4.69, 9.17) is 9.47 Å². The van der Waals surface area contributed by atoms with Crippen molar-refractivity contribution in [2.24, 2.45) is 0 Å². The molecule has 0 unspecified atom stereocenters. The van der Waals surface area contributed by atoms with Crippen molar-refractivity contribution < 1.29 is 19.1 Å². The first-order chi connectivity index (χ1) is 17.7. The van der Waals surface area contributed by atoms with Gasteiger partial charge in [-0.1, -0.05) is 24.3 Å². The number of hydrogen-bond acceptors (Lipinski definition) is 6. The highest BCUT2D eigenvalue weighted by molar-refractivity contribution is 6.31. The minimum Gasteiger partial charge on any atom is -0.415 e. The third-order valence-electron chi connectivity index (χ3n) is 7.42. The molecule has 0 atom stereocenters. The minimum atomic E-state index is -1.02. The van der Waals surface area contributed by atoms with Gasteiger partial charge in [0.2, 0.25) is 0 Å². The molecular weight excluding hydrogens is 456 g/mol. The molecule has 2 aliphatic rings. The summed E-state index contributed by atoms with van der Waals surface area (Å²) in [6.45, 7) is 3.59. The Bertz CT molecular complexity index is 1300. The van der Waals surface area contributed by atoms with Crippen molar-refractivity contribution in [3.63, 3.8) is 0 Å². The molecule has 0 aliphatic carbocycles. The molecule has 0 radical (unpaired) electrons. The molecule has 6 rings (SSSR count). The van der Waals surface area contributed by atoms with Crippen LogP contribution >= 0.6 is 0 Å². The van der Waals surface area contributed by atoms with E-state index in [1.165, 1.54) is 0 Å². The van der Waals surface area contributed by atoms with E-state index in [2.05, 4.69) is 20.6 Å². The summed E-state index contributed by atoms with van der Waals surface area (Å²) in [5.41, 5.74) is 3.49. The zero-order valence-corrected chi connectivity index (χ0v) is 20.1. The van der Waals surface area contributed by atoms with E-state index in [0.717, 1.165) is 85.1 Å². The van der Waals surface area contributed by atoms with Gasteiger partial charge in [-0.2, -0.15) is 0 Å². The fourth-order valence-corrected chi connectivity index (χ4v) is 5.56. The fraction of sp³-hybridized carbons (Fsp3) is 0.357. The van der Waals surface area contributed by atoms with Gasteiger partial charge in [0.1, 0.15) is 0 Å². The molecule has 2 aromatic heterocycles. The summed E-state index contributed by atoms with van der Waals surface area (Å²) in [6, 6.07) is 15.4. The van der Waals surface area contributed by atoms with Crippen LogP contribution in [0.4, 0.5) is 0 Å². The number of aromatic amines is 2. The first-order valence-electron chi connectivity index (χ1n) is 12.8. The maximum absolute atomic E-state index is 13.1. The number of carbonyl (C=O) groups excluding carboxylic acids is 2. The van der Waals surface area contributed by atoms with Crippen LogP contribution in [0.25, 0.3) is 21.8 Å². The summed E-state index contributed by atoms with van der Waals surface area (Å²) in [6.07, 6.45) is 3.71. The topological polar surface area (TPSA) is 108 Å². The Morgan fingerprint density at radius 3 is 1.42 bits per heavy atom. The predicted molar refractivity (Wildman–Crippen MR) is 138 cm³/mol. The van der Waals surface area contributed by atoms with Gasteiger partial charge in [-0.3, -0.25) is 0 Å². The summed E-state index contributed by atoms with van der Waals surface area (Å²) >= 11 is 0. The number of benzene rings is 2. The smallest absolute Gasteiger partial charge is 0.415 e. The molecule has 186 valence electrons. The van der Waals surface area contributed by atoms with Crippen LogP contribution in [0, 0.1) is 0 Å². The summed E-state index contributed by atoms with van der Waals surface area (Å²) in [7, 11) is 0. The second-order valence-electron chi connectivity index (χ2n) is 9.65. The number of fused-ring (bicyclic) bond motifs is 2. The van der Waals surface area contributed by atoms with Crippen molar-refractivity contribution in [1.82, 2.24) is 20.6 Å². The number of carbonyl (C=O) groups is 2. The average molecular weight is 487 g/mol. The predicted octanol–water partition coefficient (Wildman–Crippen LogP) is 4.09. The van der Waals surface area contributed by atoms with E-state index in [9.17, 15) is 9.59 Å². The number of hydrogen-bond donors (Lipinski definition) is 4. The van der Waals surface area contributed by atoms with Gasteiger partial charge in [0.25, 0.3) is 0 Å². The van der Waals surface area contributed by atoms with E-state index >= 15 is 0 Å². The Hall–Kier alpha value is -3.62. The van der Waals surface area contributed by atoms with Gasteiger partial charge >= 0.3 is 11.9 Å². The highest BCUT2D eigenvalue weighted by atomic mass is 16.6. The van der Waals surface area contributed by atoms with E-state index < -0.39 is 11.9 Å². The average Bonchev–Trinajstić information content (AvgIpc) is 3.48. The molecule has 0 amide bonds. The van der Waals surface area contributed by atoms with E-state index in [1.54, 1.807) is 0 Å². The Labute approximate surface area is 208 Å². The lowest BCUT2D eigenvalue weighted by Crippen LogP contribution is -2.29. The fourth-order valence-electron chi connectivity index (χ4n) is 5.56. The van der Waals surface area contributed by atoms with Crippen LogP contribution in [0.5, 0.6) is 11.5 Å². The number of rotatable bonds is 4. The van der Waals surface area contributed by atoms with E-state index in [0.29, 0.717) is 11.5 Å². The third-order valence-corrected chi connectivity index (χ3v) is 7.42. The van der Waals surface area contributed by atoms with Crippen molar-refractivity contribution in [1.29, 1.82) is 0 Å². The molecule has 2 fully saturated rings. The molecule has 4 heterocycles. The van der Waals surface area contributed by atoms with Crippen molar-refractivity contribution in [3.05, 3.63) is 59.9 Å². The zero-order valence-electron chi connectivity index (χ0n) is 20.1. The van der Waals surface area contributed by atoms with Crippen molar-refractivity contribution in [2.45, 2.75) is 37.5 Å². The van der Waals surface area contributed by atoms with Crippen LogP contribution in [-0.4, -0.2) is 48.1 Å². The molecule has 0 saturated carbocycles. The lowest BCUT2D eigenvalue weighted by molar-refractivity contribution is -0.156. The monoisotopic (exact) mass is 486 g/mol. The highest BCUT2D eigenvalue weighted by Crippen LogP contribution is 2.40.